The molecule has 6 heteroatoms. The number of carboxylic acid groups (broad SMARTS) is 1. The highest BCUT2D eigenvalue weighted by Gasteiger charge is 2.30. The molecule has 0 aromatic heterocycles. The third-order valence-electron chi connectivity index (χ3n) is 3.06. The van der Waals surface area contributed by atoms with Crippen molar-refractivity contribution in [2.75, 3.05) is 11.9 Å². The number of hydrogen-bond donors (Lipinski definition) is 4. The van der Waals surface area contributed by atoms with E-state index in [1.54, 1.807) is 6.07 Å². The Morgan fingerprint density at radius 2 is 1.81 bits per heavy atom. The van der Waals surface area contributed by atoms with E-state index in [9.17, 15) is 14.7 Å². The van der Waals surface area contributed by atoms with Crippen molar-refractivity contribution < 1.29 is 19.8 Å². The Balaban J connectivity index is 2.00. The summed E-state index contributed by atoms with van der Waals surface area (Å²) in [5.41, 5.74) is -1.41. The molecule has 1 atom stereocenters. The Labute approximate surface area is 121 Å². The number of benzene rings is 2. The third-order valence-corrected chi connectivity index (χ3v) is 3.06. The summed E-state index contributed by atoms with van der Waals surface area (Å²) in [5.74, 6) is -1.39. The van der Waals surface area contributed by atoms with Crippen LogP contribution in [0.4, 0.5) is 10.5 Å². The van der Waals surface area contributed by atoms with Crippen molar-refractivity contribution in [3.8, 4) is 0 Å². The van der Waals surface area contributed by atoms with Gasteiger partial charge in [0.1, 0.15) is 0 Å². The van der Waals surface area contributed by atoms with E-state index in [4.69, 9.17) is 5.11 Å². The number of carbonyl (C=O) groups is 2. The average Bonchev–Trinajstić information content (AvgIpc) is 2.45. The van der Waals surface area contributed by atoms with Gasteiger partial charge >= 0.3 is 12.0 Å². The Hall–Kier alpha value is -2.60. The van der Waals surface area contributed by atoms with Crippen LogP contribution >= 0.6 is 0 Å². The van der Waals surface area contributed by atoms with Gasteiger partial charge in [-0.15, -0.1) is 0 Å². The summed E-state index contributed by atoms with van der Waals surface area (Å²) in [4.78, 5) is 22.4. The predicted molar refractivity (Wildman–Crippen MR) is 79.2 cm³/mol. The fraction of sp³-hybridized carbons (Fsp3) is 0.200. The van der Waals surface area contributed by atoms with Crippen LogP contribution < -0.4 is 10.6 Å². The lowest BCUT2D eigenvalue weighted by atomic mass is 10.1. The van der Waals surface area contributed by atoms with Crippen LogP contribution in [0.5, 0.6) is 0 Å². The first kappa shape index (κ1) is 14.8. The molecule has 21 heavy (non-hydrogen) atoms. The van der Waals surface area contributed by atoms with Gasteiger partial charge in [0, 0.05) is 5.69 Å². The lowest BCUT2D eigenvalue weighted by Crippen LogP contribution is -2.47. The van der Waals surface area contributed by atoms with Crippen molar-refractivity contribution in [1.29, 1.82) is 0 Å². The first-order valence-corrected chi connectivity index (χ1v) is 6.38. The number of aliphatic hydroxyl groups is 1. The van der Waals surface area contributed by atoms with E-state index in [-0.39, 0.29) is 6.54 Å². The van der Waals surface area contributed by atoms with Crippen LogP contribution in [0, 0.1) is 0 Å². The lowest BCUT2D eigenvalue weighted by molar-refractivity contribution is -0.155. The maximum absolute atomic E-state index is 11.7. The van der Waals surface area contributed by atoms with E-state index in [1.165, 1.54) is 0 Å². The van der Waals surface area contributed by atoms with Gasteiger partial charge in [0.05, 0.1) is 6.54 Å². The highest BCUT2D eigenvalue weighted by molar-refractivity contribution is 5.93. The zero-order valence-corrected chi connectivity index (χ0v) is 11.5. The Kier molecular flexibility index (Phi) is 4.09. The predicted octanol–water partition coefficient (Wildman–Crippen LogP) is 1.80. The normalized spacial score (nSPS) is 13.4. The molecular weight excluding hydrogens is 272 g/mol. The fourth-order valence-electron chi connectivity index (χ4n) is 1.77. The molecule has 0 aliphatic heterocycles. The minimum atomic E-state index is -2.00. The van der Waals surface area contributed by atoms with Crippen molar-refractivity contribution in [1.82, 2.24) is 5.32 Å². The molecule has 0 saturated heterocycles. The first-order chi connectivity index (χ1) is 9.88. The summed E-state index contributed by atoms with van der Waals surface area (Å²) in [7, 11) is 0. The van der Waals surface area contributed by atoms with Gasteiger partial charge in [-0.05, 0) is 29.8 Å². The van der Waals surface area contributed by atoms with Crippen LogP contribution in [-0.2, 0) is 4.79 Å². The molecular formula is C15H16N2O4. The molecule has 2 aromatic rings. The van der Waals surface area contributed by atoms with Gasteiger partial charge in [-0.3, -0.25) is 0 Å². The Morgan fingerprint density at radius 3 is 2.48 bits per heavy atom. The van der Waals surface area contributed by atoms with Crippen molar-refractivity contribution >= 4 is 28.5 Å². The number of carbonyl (C=O) groups excluding carboxylic acids is 1. The summed E-state index contributed by atoms with van der Waals surface area (Å²) < 4.78 is 0. The van der Waals surface area contributed by atoms with Crippen molar-refractivity contribution in [2.24, 2.45) is 0 Å². The molecule has 0 fully saturated rings. The molecule has 0 aliphatic carbocycles. The summed E-state index contributed by atoms with van der Waals surface area (Å²) in [6.07, 6.45) is 0. The minimum Gasteiger partial charge on any atom is -0.479 e. The average molecular weight is 288 g/mol. The van der Waals surface area contributed by atoms with Gasteiger partial charge in [0.25, 0.3) is 0 Å². The van der Waals surface area contributed by atoms with E-state index >= 15 is 0 Å². The molecule has 0 aliphatic rings. The van der Waals surface area contributed by atoms with E-state index in [2.05, 4.69) is 10.6 Å². The number of rotatable bonds is 4. The second-order valence-corrected chi connectivity index (χ2v) is 4.95. The van der Waals surface area contributed by atoms with Crippen molar-refractivity contribution in [3.05, 3.63) is 42.5 Å². The Bertz CT molecular complexity index is 682. The van der Waals surface area contributed by atoms with Crippen molar-refractivity contribution in [3.63, 3.8) is 0 Å². The standard InChI is InChI=1S/C15H16N2O4/c1-15(21,13(18)19)9-16-14(20)17-12-7-6-10-4-2-3-5-11(10)8-12/h2-8,21H,9H2,1H3,(H,18,19)(H2,16,17,20). The maximum Gasteiger partial charge on any atom is 0.337 e. The number of amides is 2. The number of hydrogen-bond acceptors (Lipinski definition) is 3. The number of fused-ring (bicyclic) bond motifs is 1. The van der Waals surface area contributed by atoms with Crippen LogP contribution in [0.25, 0.3) is 10.8 Å². The highest BCUT2D eigenvalue weighted by Crippen LogP contribution is 2.18. The summed E-state index contributed by atoms with van der Waals surface area (Å²) in [6.45, 7) is 0.730. The van der Waals surface area contributed by atoms with Crippen LogP contribution in [0.3, 0.4) is 0 Å². The molecule has 0 bridgehead atoms. The van der Waals surface area contributed by atoms with E-state index in [1.807, 2.05) is 36.4 Å². The van der Waals surface area contributed by atoms with Gasteiger partial charge in [-0.2, -0.15) is 0 Å². The molecule has 2 amide bonds. The molecule has 2 rings (SSSR count). The van der Waals surface area contributed by atoms with Crippen LogP contribution in [0.1, 0.15) is 6.92 Å². The second kappa shape index (κ2) is 5.80. The van der Waals surface area contributed by atoms with Gasteiger partial charge in [0.2, 0.25) is 0 Å². The van der Waals surface area contributed by atoms with Crippen LogP contribution in [0.15, 0.2) is 42.5 Å². The summed E-state index contributed by atoms with van der Waals surface area (Å²) in [5, 5.41) is 25.2. The maximum atomic E-state index is 11.7. The van der Waals surface area contributed by atoms with Crippen LogP contribution in [0.2, 0.25) is 0 Å². The number of urea groups is 1. The number of aliphatic carboxylic acids is 1. The van der Waals surface area contributed by atoms with E-state index < -0.39 is 17.6 Å². The minimum absolute atomic E-state index is 0.387. The van der Waals surface area contributed by atoms with E-state index in [0.717, 1.165) is 17.7 Å². The highest BCUT2D eigenvalue weighted by atomic mass is 16.4. The zero-order chi connectivity index (χ0) is 15.5. The summed E-state index contributed by atoms with van der Waals surface area (Å²) in [6, 6.07) is 12.6. The number of anilines is 1. The first-order valence-electron chi connectivity index (χ1n) is 6.38. The molecule has 0 spiro atoms. The van der Waals surface area contributed by atoms with E-state index in [0.29, 0.717) is 5.69 Å². The van der Waals surface area contributed by atoms with Gasteiger partial charge in [0.15, 0.2) is 5.60 Å². The second-order valence-electron chi connectivity index (χ2n) is 4.95. The molecule has 6 nitrogen and oxygen atoms in total. The third kappa shape index (κ3) is 3.70. The smallest absolute Gasteiger partial charge is 0.337 e. The fourth-order valence-corrected chi connectivity index (χ4v) is 1.77. The Morgan fingerprint density at radius 1 is 1.14 bits per heavy atom. The molecule has 4 N–H and O–H groups in total. The lowest BCUT2D eigenvalue weighted by Gasteiger charge is -2.18. The van der Waals surface area contributed by atoms with Gasteiger partial charge in [-0.25, -0.2) is 9.59 Å². The SMILES string of the molecule is CC(O)(CNC(=O)Nc1ccc2ccccc2c1)C(=O)O. The van der Waals surface area contributed by atoms with Gasteiger partial charge in [-0.1, -0.05) is 30.3 Å². The quantitative estimate of drug-likeness (QED) is 0.689. The number of carboxylic acids is 1. The van der Waals surface area contributed by atoms with Crippen molar-refractivity contribution in [2.45, 2.75) is 12.5 Å². The molecule has 1 unspecified atom stereocenters. The molecule has 110 valence electrons. The van der Waals surface area contributed by atoms with Gasteiger partial charge < -0.3 is 20.8 Å². The monoisotopic (exact) mass is 288 g/mol. The zero-order valence-electron chi connectivity index (χ0n) is 11.5. The summed E-state index contributed by atoms with van der Waals surface area (Å²) >= 11 is 0. The number of nitrogens with one attached hydrogen (secondary N) is 2. The topological polar surface area (TPSA) is 98.7 Å². The molecule has 0 saturated carbocycles. The molecule has 2 aromatic carbocycles. The largest absolute Gasteiger partial charge is 0.479 e. The molecule has 0 heterocycles. The van der Waals surface area contributed by atoms with Crippen LogP contribution in [-0.4, -0.2) is 34.4 Å². The molecule has 0 radical (unpaired) electrons.